The number of amides is 2. The van der Waals surface area contributed by atoms with Crippen molar-refractivity contribution < 1.29 is 14.3 Å². The van der Waals surface area contributed by atoms with Gasteiger partial charge in [0.2, 0.25) is 5.01 Å². The molecule has 1 aromatic heterocycles. The number of nitrogens with zero attached hydrogens (tertiary/aromatic N) is 3. The number of nitrogens with one attached hydrogen (secondary N) is 1. The van der Waals surface area contributed by atoms with E-state index in [1.165, 1.54) is 11.3 Å². The van der Waals surface area contributed by atoms with Crippen LogP contribution in [0.2, 0.25) is 0 Å². The van der Waals surface area contributed by atoms with Crippen molar-refractivity contribution in [2.75, 3.05) is 25.5 Å². The van der Waals surface area contributed by atoms with Gasteiger partial charge in [-0.2, -0.15) is 0 Å². The van der Waals surface area contributed by atoms with Crippen molar-refractivity contribution in [3.05, 3.63) is 70.2 Å². The number of carbonyl (C=O) groups excluding carboxylic acids is 2. The summed E-state index contributed by atoms with van der Waals surface area (Å²) >= 11 is 1.32. The van der Waals surface area contributed by atoms with Crippen molar-refractivity contribution in [2.45, 2.75) is 18.8 Å². The molecule has 0 atom stereocenters. The highest BCUT2D eigenvalue weighted by Crippen LogP contribution is 2.31. The Balaban J connectivity index is 1.34. The largest absolute Gasteiger partial charge is 0.497 e. The lowest BCUT2D eigenvalue weighted by Gasteiger charge is -2.31. The smallest absolute Gasteiger partial charge is 0.286 e. The Morgan fingerprint density at radius 3 is 2.40 bits per heavy atom. The molecule has 0 radical (unpaired) electrons. The number of benzene rings is 2. The molecule has 1 saturated heterocycles. The Labute approximate surface area is 178 Å². The lowest BCUT2D eigenvalue weighted by atomic mass is 9.97. The topological polar surface area (TPSA) is 84.4 Å². The number of hydrogen-bond donors (Lipinski definition) is 1. The molecule has 7 nitrogen and oxygen atoms in total. The number of rotatable bonds is 5. The van der Waals surface area contributed by atoms with E-state index in [0.29, 0.717) is 29.3 Å². The third-order valence-corrected chi connectivity index (χ3v) is 6.22. The highest BCUT2D eigenvalue weighted by molar-refractivity contribution is 7.13. The first-order valence-corrected chi connectivity index (χ1v) is 10.6. The zero-order valence-corrected chi connectivity index (χ0v) is 17.4. The van der Waals surface area contributed by atoms with Crippen LogP contribution in [-0.2, 0) is 0 Å². The zero-order valence-electron chi connectivity index (χ0n) is 16.6. The highest BCUT2D eigenvalue weighted by Gasteiger charge is 2.27. The van der Waals surface area contributed by atoms with Crippen molar-refractivity contribution in [1.82, 2.24) is 15.1 Å². The van der Waals surface area contributed by atoms with E-state index < -0.39 is 0 Å². The predicted octanol–water partition coefficient (Wildman–Crippen LogP) is 3.82. The lowest BCUT2D eigenvalue weighted by molar-refractivity contribution is 0.0712. The quantitative estimate of drug-likeness (QED) is 0.676. The molecule has 0 bridgehead atoms. The van der Waals surface area contributed by atoms with Crippen LogP contribution >= 0.6 is 11.3 Å². The Bertz CT molecular complexity index is 1010. The van der Waals surface area contributed by atoms with E-state index >= 15 is 0 Å². The van der Waals surface area contributed by atoms with Gasteiger partial charge in [0.25, 0.3) is 11.8 Å². The summed E-state index contributed by atoms with van der Waals surface area (Å²) in [6.45, 7) is 1.34. The van der Waals surface area contributed by atoms with Crippen molar-refractivity contribution in [2.24, 2.45) is 0 Å². The van der Waals surface area contributed by atoms with E-state index in [2.05, 4.69) is 15.5 Å². The molecule has 1 aliphatic rings. The number of hydrogen-bond acceptors (Lipinski definition) is 6. The minimum absolute atomic E-state index is 0.0610. The molecule has 1 aliphatic heterocycles. The fourth-order valence-corrected chi connectivity index (χ4v) is 4.35. The van der Waals surface area contributed by atoms with Gasteiger partial charge in [0, 0.05) is 30.3 Å². The number of anilines is 1. The molecule has 8 heteroatoms. The van der Waals surface area contributed by atoms with Crippen LogP contribution in [0.25, 0.3) is 0 Å². The second kappa shape index (κ2) is 9.04. The van der Waals surface area contributed by atoms with Gasteiger partial charge in [0.1, 0.15) is 10.8 Å². The summed E-state index contributed by atoms with van der Waals surface area (Å²) in [4.78, 5) is 26.9. The molecule has 0 aliphatic carbocycles. The van der Waals surface area contributed by atoms with Crippen molar-refractivity contribution >= 4 is 28.8 Å². The van der Waals surface area contributed by atoms with Gasteiger partial charge in [-0.1, -0.05) is 29.5 Å². The van der Waals surface area contributed by atoms with Gasteiger partial charge < -0.3 is 15.0 Å². The number of piperidine rings is 1. The SMILES string of the molecule is COc1ccc(NC(=O)c2nnc(C3CCN(C(=O)c4ccccc4)CC3)s2)cc1. The molecular formula is C22H22N4O3S. The third kappa shape index (κ3) is 4.49. The minimum atomic E-state index is -0.277. The van der Waals surface area contributed by atoms with Gasteiger partial charge in [-0.25, -0.2) is 0 Å². The van der Waals surface area contributed by atoms with E-state index in [9.17, 15) is 9.59 Å². The maximum atomic E-state index is 12.6. The Morgan fingerprint density at radius 2 is 1.73 bits per heavy atom. The first kappa shape index (κ1) is 20.0. The first-order valence-electron chi connectivity index (χ1n) is 9.77. The number of ether oxygens (including phenoxy) is 1. The molecule has 30 heavy (non-hydrogen) atoms. The number of aromatic nitrogens is 2. The lowest BCUT2D eigenvalue weighted by Crippen LogP contribution is -2.37. The summed E-state index contributed by atoms with van der Waals surface area (Å²) < 4.78 is 5.12. The minimum Gasteiger partial charge on any atom is -0.497 e. The standard InChI is InChI=1S/C22H22N4O3S/c1-29-18-9-7-17(8-10-18)23-19(27)21-25-24-20(30-21)15-11-13-26(14-12-15)22(28)16-5-3-2-4-6-16/h2-10,15H,11-14H2,1H3,(H,23,27). The molecule has 2 heterocycles. The second-order valence-corrected chi connectivity index (χ2v) is 8.07. The third-order valence-electron chi connectivity index (χ3n) is 5.13. The van der Waals surface area contributed by atoms with Crippen molar-refractivity contribution in [1.29, 1.82) is 0 Å². The molecule has 4 rings (SSSR count). The summed E-state index contributed by atoms with van der Waals surface area (Å²) in [6.07, 6.45) is 1.63. The van der Waals surface area contributed by atoms with Gasteiger partial charge >= 0.3 is 0 Å². The summed E-state index contributed by atoms with van der Waals surface area (Å²) in [5.41, 5.74) is 1.38. The average molecular weight is 423 g/mol. The number of carbonyl (C=O) groups is 2. The zero-order chi connectivity index (χ0) is 20.9. The summed E-state index contributed by atoms with van der Waals surface area (Å²) in [5, 5.41) is 12.3. The van der Waals surface area contributed by atoms with E-state index in [-0.39, 0.29) is 17.7 Å². The molecule has 2 aromatic carbocycles. The van der Waals surface area contributed by atoms with E-state index in [4.69, 9.17) is 4.74 Å². The monoisotopic (exact) mass is 422 g/mol. The molecule has 0 unspecified atom stereocenters. The van der Waals surface area contributed by atoms with Crippen LogP contribution in [0, 0.1) is 0 Å². The van der Waals surface area contributed by atoms with Crippen molar-refractivity contribution in [3.63, 3.8) is 0 Å². The van der Waals surface area contributed by atoms with Crippen LogP contribution in [-0.4, -0.2) is 47.1 Å². The molecule has 0 saturated carbocycles. The summed E-state index contributed by atoms with van der Waals surface area (Å²) in [7, 11) is 1.60. The molecule has 1 fully saturated rings. The predicted molar refractivity (Wildman–Crippen MR) is 115 cm³/mol. The highest BCUT2D eigenvalue weighted by atomic mass is 32.1. The molecule has 154 valence electrons. The second-order valence-electron chi connectivity index (χ2n) is 7.06. The van der Waals surface area contributed by atoms with Gasteiger partial charge in [-0.3, -0.25) is 9.59 Å². The molecule has 1 N–H and O–H groups in total. The van der Waals surface area contributed by atoms with Crippen LogP contribution in [0.4, 0.5) is 5.69 Å². The Kier molecular flexibility index (Phi) is 6.04. The van der Waals surface area contributed by atoms with Gasteiger partial charge in [0.05, 0.1) is 7.11 Å². The van der Waals surface area contributed by atoms with Crippen LogP contribution < -0.4 is 10.1 Å². The van der Waals surface area contributed by atoms with Crippen LogP contribution in [0.5, 0.6) is 5.75 Å². The van der Waals surface area contributed by atoms with Gasteiger partial charge in [-0.05, 0) is 49.2 Å². The fraction of sp³-hybridized carbons (Fsp3) is 0.273. The fourth-order valence-electron chi connectivity index (χ4n) is 3.44. The maximum Gasteiger partial charge on any atom is 0.286 e. The summed E-state index contributed by atoms with van der Waals surface area (Å²) in [5.74, 6) is 0.722. The number of likely N-dealkylation sites (tertiary alicyclic amines) is 1. The van der Waals surface area contributed by atoms with Crippen LogP contribution in [0.1, 0.15) is 43.9 Å². The normalized spacial score (nSPS) is 14.4. The van der Waals surface area contributed by atoms with E-state index in [0.717, 1.165) is 23.6 Å². The van der Waals surface area contributed by atoms with Crippen molar-refractivity contribution in [3.8, 4) is 5.75 Å². The van der Waals surface area contributed by atoms with Gasteiger partial charge in [-0.15, -0.1) is 10.2 Å². The van der Waals surface area contributed by atoms with Crippen LogP contribution in [0.15, 0.2) is 54.6 Å². The maximum absolute atomic E-state index is 12.6. The Hall–Kier alpha value is -3.26. The summed E-state index contributed by atoms with van der Waals surface area (Å²) in [6, 6.07) is 16.5. The molecule has 2 amide bonds. The molecule has 3 aromatic rings. The van der Waals surface area contributed by atoms with Gasteiger partial charge in [0.15, 0.2) is 0 Å². The van der Waals surface area contributed by atoms with E-state index in [1.54, 1.807) is 31.4 Å². The Morgan fingerprint density at radius 1 is 1.03 bits per heavy atom. The first-order chi connectivity index (χ1) is 14.6. The number of methoxy groups -OCH3 is 1. The average Bonchev–Trinajstić information content (AvgIpc) is 3.30. The van der Waals surface area contributed by atoms with E-state index in [1.807, 2.05) is 35.2 Å². The van der Waals surface area contributed by atoms with Crippen LogP contribution in [0.3, 0.4) is 0 Å². The molecule has 0 spiro atoms. The molecular weight excluding hydrogens is 400 g/mol.